The molecule has 4 heteroatoms. The average molecular weight is 283 g/mol. The van der Waals surface area contributed by atoms with Crippen LogP contribution in [-0.4, -0.2) is 18.8 Å². The van der Waals surface area contributed by atoms with Gasteiger partial charge in [0.25, 0.3) is 5.91 Å². The quantitative estimate of drug-likeness (QED) is 0.874. The van der Waals surface area contributed by atoms with Crippen LogP contribution >= 0.6 is 0 Å². The number of aryl methyl sites for hydroxylation is 1. The summed E-state index contributed by atoms with van der Waals surface area (Å²) in [6.45, 7) is 3.41. The van der Waals surface area contributed by atoms with E-state index in [-0.39, 0.29) is 11.7 Å². The minimum Gasteiger partial charge on any atom is -0.496 e. The number of benzene rings is 2. The third-order valence-corrected chi connectivity index (χ3v) is 3.20. The first kappa shape index (κ1) is 14.8. The first-order valence-electron chi connectivity index (χ1n) is 6.58. The zero-order valence-electron chi connectivity index (χ0n) is 12.3. The van der Waals surface area contributed by atoms with Gasteiger partial charge in [-0.3, -0.25) is 9.59 Å². The Morgan fingerprint density at radius 3 is 2.48 bits per heavy atom. The lowest BCUT2D eigenvalue weighted by Crippen LogP contribution is -2.12. The Bertz CT molecular complexity index is 692. The van der Waals surface area contributed by atoms with E-state index in [2.05, 4.69) is 5.32 Å². The van der Waals surface area contributed by atoms with Crippen LogP contribution in [0.25, 0.3) is 0 Å². The summed E-state index contributed by atoms with van der Waals surface area (Å²) in [5, 5.41) is 2.78. The topological polar surface area (TPSA) is 55.4 Å². The molecule has 0 aliphatic carbocycles. The Morgan fingerprint density at radius 2 is 1.81 bits per heavy atom. The summed E-state index contributed by atoms with van der Waals surface area (Å²) in [7, 11) is 1.57. The van der Waals surface area contributed by atoms with Gasteiger partial charge in [0.1, 0.15) is 5.75 Å². The van der Waals surface area contributed by atoms with Gasteiger partial charge in [-0.25, -0.2) is 0 Å². The molecule has 2 aromatic carbocycles. The smallest absolute Gasteiger partial charge is 0.255 e. The van der Waals surface area contributed by atoms with Crippen molar-refractivity contribution in [2.45, 2.75) is 13.8 Å². The predicted octanol–water partition coefficient (Wildman–Crippen LogP) is 3.46. The largest absolute Gasteiger partial charge is 0.496 e. The van der Waals surface area contributed by atoms with Crippen LogP contribution < -0.4 is 10.1 Å². The van der Waals surface area contributed by atoms with Crippen LogP contribution in [0.2, 0.25) is 0 Å². The summed E-state index contributed by atoms with van der Waals surface area (Å²) in [5.41, 5.74) is 2.62. The summed E-state index contributed by atoms with van der Waals surface area (Å²) in [6.07, 6.45) is 0. The molecule has 0 radical (unpaired) electrons. The second-order valence-corrected chi connectivity index (χ2v) is 4.78. The highest BCUT2D eigenvalue weighted by atomic mass is 16.5. The van der Waals surface area contributed by atoms with E-state index in [1.54, 1.807) is 43.5 Å². The fraction of sp³-hybridized carbons (Fsp3) is 0.176. The number of Topliss-reactive ketones (excluding diaryl/α,β-unsaturated/α-hetero) is 1. The summed E-state index contributed by atoms with van der Waals surface area (Å²) in [6, 6.07) is 12.1. The van der Waals surface area contributed by atoms with Crippen LogP contribution in [-0.2, 0) is 0 Å². The second kappa shape index (κ2) is 6.22. The molecule has 1 N–H and O–H groups in total. The number of hydrogen-bond donors (Lipinski definition) is 1. The first-order valence-corrected chi connectivity index (χ1v) is 6.58. The SMILES string of the molecule is COc1cc(C(=O)Nc2cccc(C(C)=O)c2)ccc1C. The number of hydrogen-bond acceptors (Lipinski definition) is 3. The molecule has 0 fully saturated rings. The van der Waals surface area contributed by atoms with Crippen molar-refractivity contribution in [2.75, 3.05) is 12.4 Å². The number of ether oxygens (including phenoxy) is 1. The van der Waals surface area contributed by atoms with Crippen molar-refractivity contribution in [1.82, 2.24) is 0 Å². The summed E-state index contributed by atoms with van der Waals surface area (Å²) < 4.78 is 5.21. The van der Waals surface area contributed by atoms with Gasteiger partial charge in [-0.2, -0.15) is 0 Å². The Balaban J connectivity index is 2.22. The van der Waals surface area contributed by atoms with Crippen molar-refractivity contribution in [2.24, 2.45) is 0 Å². The molecule has 21 heavy (non-hydrogen) atoms. The van der Waals surface area contributed by atoms with Crippen molar-refractivity contribution in [3.05, 3.63) is 59.2 Å². The second-order valence-electron chi connectivity index (χ2n) is 4.78. The Morgan fingerprint density at radius 1 is 1.05 bits per heavy atom. The maximum Gasteiger partial charge on any atom is 0.255 e. The Kier molecular flexibility index (Phi) is 4.38. The van der Waals surface area contributed by atoms with E-state index < -0.39 is 0 Å². The van der Waals surface area contributed by atoms with Crippen LogP contribution in [0.4, 0.5) is 5.69 Å². The fourth-order valence-corrected chi connectivity index (χ4v) is 1.98. The first-order chi connectivity index (χ1) is 10.0. The minimum atomic E-state index is -0.242. The van der Waals surface area contributed by atoms with Gasteiger partial charge in [0.15, 0.2) is 5.78 Å². The highest BCUT2D eigenvalue weighted by molar-refractivity contribution is 6.05. The van der Waals surface area contributed by atoms with Gasteiger partial charge in [0, 0.05) is 16.8 Å². The van der Waals surface area contributed by atoms with Gasteiger partial charge in [-0.1, -0.05) is 18.2 Å². The molecule has 0 spiro atoms. The van der Waals surface area contributed by atoms with Gasteiger partial charge >= 0.3 is 0 Å². The highest BCUT2D eigenvalue weighted by Gasteiger charge is 2.09. The van der Waals surface area contributed by atoms with Crippen LogP contribution in [0.1, 0.15) is 33.2 Å². The van der Waals surface area contributed by atoms with E-state index in [1.807, 2.05) is 13.0 Å². The molecule has 0 unspecified atom stereocenters. The molecular weight excluding hydrogens is 266 g/mol. The lowest BCUT2D eigenvalue weighted by Gasteiger charge is -2.09. The maximum absolute atomic E-state index is 12.2. The summed E-state index contributed by atoms with van der Waals surface area (Å²) in [4.78, 5) is 23.6. The number of rotatable bonds is 4. The molecule has 108 valence electrons. The lowest BCUT2D eigenvalue weighted by atomic mass is 10.1. The van der Waals surface area contributed by atoms with E-state index in [9.17, 15) is 9.59 Å². The van der Waals surface area contributed by atoms with Gasteiger partial charge in [-0.05, 0) is 43.7 Å². The van der Waals surface area contributed by atoms with E-state index in [1.165, 1.54) is 6.92 Å². The predicted molar refractivity (Wildman–Crippen MR) is 82.1 cm³/mol. The number of methoxy groups -OCH3 is 1. The molecule has 0 saturated carbocycles. The number of anilines is 1. The molecule has 2 aromatic rings. The third kappa shape index (κ3) is 3.48. The number of carbonyl (C=O) groups is 2. The van der Waals surface area contributed by atoms with Crippen LogP contribution in [0.5, 0.6) is 5.75 Å². The molecule has 0 aliphatic rings. The molecule has 0 aliphatic heterocycles. The van der Waals surface area contributed by atoms with Crippen molar-refractivity contribution in [3.8, 4) is 5.75 Å². The van der Waals surface area contributed by atoms with Crippen molar-refractivity contribution in [3.63, 3.8) is 0 Å². The number of carbonyl (C=O) groups excluding carboxylic acids is 2. The Labute approximate surface area is 123 Å². The zero-order valence-corrected chi connectivity index (χ0v) is 12.3. The molecule has 4 nitrogen and oxygen atoms in total. The number of amides is 1. The standard InChI is InChI=1S/C17H17NO3/c1-11-7-8-14(10-16(11)21-3)17(20)18-15-6-4-5-13(9-15)12(2)19/h4-10H,1-3H3,(H,18,20). The van der Waals surface area contributed by atoms with E-state index in [0.29, 0.717) is 22.6 Å². The molecule has 1 amide bonds. The third-order valence-electron chi connectivity index (χ3n) is 3.20. The van der Waals surface area contributed by atoms with Crippen molar-refractivity contribution < 1.29 is 14.3 Å². The van der Waals surface area contributed by atoms with E-state index >= 15 is 0 Å². The molecular formula is C17H17NO3. The molecule has 0 heterocycles. The van der Waals surface area contributed by atoms with Crippen LogP contribution in [0.15, 0.2) is 42.5 Å². The van der Waals surface area contributed by atoms with Crippen molar-refractivity contribution in [1.29, 1.82) is 0 Å². The highest BCUT2D eigenvalue weighted by Crippen LogP contribution is 2.20. The zero-order chi connectivity index (χ0) is 15.4. The normalized spacial score (nSPS) is 10.0. The number of ketones is 1. The number of nitrogens with one attached hydrogen (secondary N) is 1. The summed E-state index contributed by atoms with van der Waals surface area (Å²) in [5.74, 6) is 0.386. The van der Waals surface area contributed by atoms with Gasteiger partial charge in [-0.15, -0.1) is 0 Å². The van der Waals surface area contributed by atoms with Crippen LogP contribution in [0, 0.1) is 6.92 Å². The lowest BCUT2D eigenvalue weighted by molar-refractivity contribution is 0.101. The van der Waals surface area contributed by atoms with Gasteiger partial charge in [0.05, 0.1) is 7.11 Å². The maximum atomic E-state index is 12.2. The molecule has 0 atom stereocenters. The van der Waals surface area contributed by atoms with Crippen LogP contribution in [0.3, 0.4) is 0 Å². The average Bonchev–Trinajstić information content (AvgIpc) is 2.47. The molecule has 2 rings (SSSR count). The minimum absolute atomic E-state index is 0.0388. The van der Waals surface area contributed by atoms with E-state index in [0.717, 1.165) is 5.56 Å². The fourth-order valence-electron chi connectivity index (χ4n) is 1.98. The molecule has 0 bridgehead atoms. The van der Waals surface area contributed by atoms with Gasteiger partial charge < -0.3 is 10.1 Å². The molecule has 0 saturated heterocycles. The van der Waals surface area contributed by atoms with E-state index in [4.69, 9.17) is 4.74 Å². The molecule has 0 aromatic heterocycles. The van der Waals surface area contributed by atoms with Gasteiger partial charge in [0.2, 0.25) is 0 Å². The summed E-state index contributed by atoms with van der Waals surface area (Å²) >= 11 is 0. The van der Waals surface area contributed by atoms with Crippen molar-refractivity contribution >= 4 is 17.4 Å². The Hall–Kier alpha value is -2.62. The monoisotopic (exact) mass is 283 g/mol.